The number of para-hydroxylation sites is 1. The molecule has 2 fully saturated rings. The van der Waals surface area contributed by atoms with E-state index in [0.29, 0.717) is 0 Å². The number of carbonyl (C=O) groups excluding carboxylic acids is 4. The molecule has 3 aliphatic rings. The Labute approximate surface area is 197 Å². The van der Waals surface area contributed by atoms with Gasteiger partial charge in [0.05, 0.1) is 42.5 Å². The van der Waals surface area contributed by atoms with Crippen molar-refractivity contribution in [2.75, 3.05) is 12.0 Å². The summed E-state index contributed by atoms with van der Waals surface area (Å²) >= 11 is 0. The summed E-state index contributed by atoms with van der Waals surface area (Å²) < 4.78 is 4.87. The molecule has 2 aromatic carbocycles. The van der Waals surface area contributed by atoms with E-state index in [1.54, 1.807) is 50.2 Å². The van der Waals surface area contributed by atoms with Crippen molar-refractivity contribution in [2.45, 2.75) is 32.9 Å². The molecular weight excluding hydrogens is 434 g/mol. The molecule has 0 radical (unpaired) electrons. The summed E-state index contributed by atoms with van der Waals surface area (Å²) in [4.78, 5) is 54.9. The predicted octanol–water partition coefficient (Wildman–Crippen LogP) is 2.97. The standard InChI is InChI=1S/C26H25N3O5/c1-26(2,3)22(30)21-19-18(20-15-10-6-5-9-14(15)13-27-29(20)21)23(31)28(24(19)32)17-12-8-7-11-16(17)25(33)34-4/h5-13,18-21H,1-4H3/t18-,19+,20-,21+/m0/s1. The normalized spacial score (nSPS) is 25.2. The van der Waals surface area contributed by atoms with Crippen molar-refractivity contribution < 1.29 is 23.9 Å². The van der Waals surface area contributed by atoms with Crippen LogP contribution < -0.4 is 4.90 Å². The SMILES string of the molecule is COC(=O)c1ccccc1N1C(=O)[C@@H]2[C@H](C1=O)[C@@H]1c3ccccc3C=NN1[C@H]2C(=O)C(C)(C)C. The number of fused-ring (bicyclic) bond motifs is 5. The molecular formula is C26H25N3O5. The van der Waals surface area contributed by atoms with E-state index < -0.39 is 47.1 Å². The van der Waals surface area contributed by atoms with E-state index in [1.165, 1.54) is 13.2 Å². The van der Waals surface area contributed by atoms with Crippen LogP contribution in [-0.2, 0) is 19.1 Å². The number of Topliss-reactive ketones (excluding diaryl/α,β-unsaturated/α-hetero) is 1. The van der Waals surface area contributed by atoms with Crippen molar-refractivity contribution in [1.29, 1.82) is 0 Å². The highest BCUT2D eigenvalue weighted by Crippen LogP contribution is 2.53. The Balaban J connectivity index is 1.68. The van der Waals surface area contributed by atoms with Crippen LogP contribution in [0.15, 0.2) is 53.6 Å². The van der Waals surface area contributed by atoms with Crippen LogP contribution in [0, 0.1) is 17.3 Å². The van der Waals surface area contributed by atoms with Crippen molar-refractivity contribution in [3.05, 3.63) is 65.2 Å². The number of ketones is 1. The molecule has 0 bridgehead atoms. The number of methoxy groups -OCH3 is 1. The monoisotopic (exact) mass is 459 g/mol. The fourth-order valence-electron chi connectivity index (χ4n) is 5.30. The minimum Gasteiger partial charge on any atom is -0.465 e. The van der Waals surface area contributed by atoms with E-state index in [1.807, 2.05) is 24.3 Å². The van der Waals surface area contributed by atoms with Crippen LogP contribution in [0.5, 0.6) is 0 Å². The highest BCUT2D eigenvalue weighted by molar-refractivity contribution is 6.25. The number of hydrogen-bond donors (Lipinski definition) is 0. The molecule has 3 heterocycles. The van der Waals surface area contributed by atoms with Gasteiger partial charge in [-0.1, -0.05) is 57.2 Å². The van der Waals surface area contributed by atoms with Gasteiger partial charge < -0.3 is 4.74 Å². The van der Waals surface area contributed by atoms with E-state index in [0.717, 1.165) is 16.0 Å². The number of ether oxygens (including phenoxy) is 1. The smallest absolute Gasteiger partial charge is 0.339 e. The molecule has 34 heavy (non-hydrogen) atoms. The minimum absolute atomic E-state index is 0.115. The highest BCUT2D eigenvalue weighted by Gasteiger charge is 2.66. The number of hydrazone groups is 1. The number of carbonyl (C=O) groups is 4. The third-order valence-electron chi connectivity index (χ3n) is 6.85. The van der Waals surface area contributed by atoms with E-state index in [4.69, 9.17) is 4.74 Å². The van der Waals surface area contributed by atoms with E-state index in [2.05, 4.69) is 5.10 Å². The maximum Gasteiger partial charge on any atom is 0.339 e. The molecule has 0 spiro atoms. The first-order valence-electron chi connectivity index (χ1n) is 11.2. The molecule has 0 N–H and O–H groups in total. The fraction of sp³-hybridized carbons (Fsp3) is 0.346. The van der Waals surface area contributed by atoms with Crippen LogP contribution in [-0.4, -0.2) is 47.9 Å². The molecule has 0 aliphatic carbocycles. The number of imide groups is 1. The second kappa shape index (κ2) is 7.62. The summed E-state index contributed by atoms with van der Waals surface area (Å²) in [5, 5.41) is 6.19. The molecule has 0 unspecified atom stereocenters. The maximum absolute atomic E-state index is 13.9. The van der Waals surface area contributed by atoms with Gasteiger partial charge in [-0.25, -0.2) is 9.69 Å². The number of esters is 1. The predicted molar refractivity (Wildman–Crippen MR) is 124 cm³/mol. The molecule has 2 amide bonds. The summed E-state index contributed by atoms with van der Waals surface area (Å²) in [5.74, 6) is -3.49. The molecule has 2 saturated heterocycles. The third kappa shape index (κ3) is 3.01. The summed E-state index contributed by atoms with van der Waals surface area (Å²) in [6, 6.07) is 12.5. The zero-order valence-electron chi connectivity index (χ0n) is 19.4. The van der Waals surface area contributed by atoms with Crippen LogP contribution in [0.1, 0.15) is 48.3 Å². The number of hydrogen-bond acceptors (Lipinski definition) is 7. The van der Waals surface area contributed by atoms with Crippen LogP contribution in [0.2, 0.25) is 0 Å². The number of amides is 2. The van der Waals surface area contributed by atoms with Gasteiger partial charge >= 0.3 is 5.97 Å². The van der Waals surface area contributed by atoms with Crippen molar-refractivity contribution in [2.24, 2.45) is 22.4 Å². The second-order valence-corrected chi connectivity index (χ2v) is 9.83. The largest absolute Gasteiger partial charge is 0.465 e. The summed E-state index contributed by atoms with van der Waals surface area (Å²) in [7, 11) is 1.24. The van der Waals surface area contributed by atoms with E-state index in [-0.39, 0.29) is 17.0 Å². The average Bonchev–Trinajstić information content (AvgIpc) is 3.30. The Bertz CT molecular complexity index is 1260. The van der Waals surface area contributed by atoms with Crippen molar-refractivity contribution in [3.63, 3.8) is 0 Å². The molecule has 2 aromatic rings. The van der Waals surface area contributed by atoms with Crippen LogP contribution in [0.4, 0.5) is 5.69 Å². The van der Waals surface area contributed by atoms with Gasteiger partial charge in [0, 0.05) is 5.41 Å². The lowest BCUT2D eigenvalue weighted by atomic mass is 9.79. The zero-order chi connectivity index (χ0) is 24.4. The summed E-state index contributed by atoms with van der Waals surface area (Å²) in [5.41, 5.74) is 1.22. The molecule has 174 valence electrons. The number of rotatable bonds is 3. The quantitative estimate of drug-likeness (QED) is 0.517. The number of anilines is 1. The van der Waals surface area contributed by atoms with Gasteiger partial charge in [-0.3, -0.25) is 19.4 Å². The molecule has 8 heteroatoms. The fourth-order valence-corrected chi connectivity index (χ4v) is 5.30. The molecule has 4 atom stereocenters. The van der Waals surface area contributed by atoms with Crippen LogP contribution in [0.25, 0.3) is 0 Å². The van der Waals surface area contributed by atoms with Gasteiger partial charge in [-0.2, -0.15) is 5.10 Å². The van der Waals surface area contributed by atoms with Crippen LogP contribution in [0.3, 0.4) is 0 Å². The van der Waals surface area contributed by atoms with Crippen molar-refractivity contribution >= 4 is 35.5 Å². The molecule has 5 rings (SSSR count). The zero-order valence-corrected chi connectivity index (χ0v) is 19.4. The Morgan fingerprint density at radius 2 is 1.59 bits per heavy atom. The van der Waals surface area contributed by atoms with Gasteiger partial charge in [0.15, 0.2) is 5.78 Å². The van der Waals surface area contributed by atoms with Gasteiger partial charge in [0.25, 0.3) is 0 Å². The van der Waals surface area contributed by atoms with Crippen molar-refractivity contribution in [3.8, 4) is 0 Å². The number of nitrogens with zero attached hydrogens (tertiary/aromatic N) is 3. The van der Waals surface area contributed by atoms with E-state index >= 15 is 0 Å². The first kappa shape index (κ1) is 22.0. The lowest BCUT2D eigenvalue weighted by Crippen LogP contribution is -2.48. The summed E-state index contributed by atoms with van der Waals surface area (Å²) in [6.45, 7) is 5.39. The average molecular weight is 460 g/mol. The third-order valence-corrected chi connectivity index (χ3v) is 6.85. The number of benzene rings is 2. The van der Waals surface area contributed by atoms with Crippen LogP contribution >= 0.6 is 0 Å². The van der Waals surface area contributed by atoms with Gasteiger partial charge in [0.1, 0.15) is 6.04 Å². The Morgan fingerprint density at radius 3 is 2.29 bits per heavy atom. The van der Waals surface area contributed by atoms with Crippen molar-refractivity contribution in [1.82, 2.24) is 5.01 Å². The topological polar surface area (TPSA) is 96.3 Å². The first-order valence-corrected chi connectivity index (χ1v) is 11.2. The van der Waals surface area contributed by atoms with Gasteiger partial charge in [0.2, 0.25) is 11.8 Å². The molecule has 0 saturated carbocycles. The lowest BCUT2D eigenvalue weighted by Gasteiger charge is -2.35. The minimum atomic E-state index is -0.918. The van der Waals surface area contributed by atoms with E-state index in [9.17, 15) is 19.2 Å². The summed E-state index contributed by atoms with van der Waals surface area (Å²) in [6.07, 6.45) is 1.68. The van der Waals surface area contributed by atoms with Gasteiger partial charge in [-0.15, -0.1) is 0 Å². The molecule has 3 aliphatic heterocycles. The first-order chi connectivity index (χ1) is 16.2. The molecule has 8 nitrogen and oxygen atoms in total. The Morgan fingerprint density at radius 1 is 0.941 bits per heavy atom. The highest BCUT2D eigenvalue weighted by atomic mass is 16.5. The Kier molecular flexibility index (Phi) is 4.93. The second-order valence-electron chi connectivity index (χ2n) is 9.83. The lowest BCUT2D eigenvalue weighted by molar-refractivity contribution is -0.136. The maximum atomic E-state index is 13.9. The van der Waals surface area contributed by atoms with Gasteiger partial charge in [-0.05, 0) is 23.3 Å². The molecule has 0 aromatic heterocycles. The Hall–Kier alpha value is -3.81.